The van der Waals surface area contributed by atoms with Crippen LogP contribution in [0.1, 0.15) is 44.2 Å². The van der Waals surface area contributed by atoms with E-state index in [0.29, 0.717) is 12.1 Å². The van der Waals surface area contributed by atoms with Gasteiger partial charge in [-0.15, -0.1) is 0 Å². The summed E-state index contributed by atoms with van der Waals surface area (Å²) in [5.41, 5.74) is 2.79. The summed E-state index contributed by atoms with van der Waals surface area (Å²) in [7, 11) is 0. The highest BCUT2D eigenvalue weighted by molar-refractivity contribution is 5.22. The molecule has 0 saturated carbocycles. The van der Waals surface area contributed by atoms with Crippen LogP contribution in [0.2, 0.25) is 0 Å². The van der Waals surface area contributed by atoms with Gasteiger partial charge in [0, 0.05) is 25.2 Å². The van der Waals surface area contributed by atoms with Crippen LogP contribution in [-0.2, 0) is 6.54 Å². The van der Waals surface area contributed by atoms with Crippen LogP contribution in [0.15, 0.2) is 24.3 Å². The third kappa shape index (κ3) is 4.63. The van der Waals surface area contributed by atoms with Gasteiger partial charge in [-0.1, -0.05) is 36.2 Å². The highest BCUT2D eigenvalue weighted by Gasteiger charge is 2.18. The van der Waals surface area contributed by atoms with Crippen LogP contribution in [0.5, 0.6) is 0 Å². The van der Waals surface area contributed by atoms with Crippen molar-refractivity contribution >= 4 is 0 Å². The zero-order chi connectivity index (χ0) is 13.7. The number of benzene rings is 1. The Labute approximate surface area is 118 Å². The van der Waals surface area contributed by atoms with Crippen LogP contribution >= 0.6 is 0 Å². The van der Waals surface area contributed by atoms with E-state index in [4.69, 9.17) is 0 Å². The molecule has 2 heteroatoms. The fraction of sp³-hybridized carbons (Fsp3) is 0.647. The van der Waals surface area contributed by atoms with Gasteiger partial charge in [0.25, 0.3) is 0 Å². The van der Waals surface area contributed by atoms with Gasteiger partial charge in [0.1, 0.15) is 0 Å². The Hall–Kier alpha value is -0.860. The van der Waals surface area contributed by atoms with Gasteiger partial charge in [-0.25, -0.2) is 0 Å². The van der Waals surface area contributed by atoms with Crippen molar-refractivity contribution in [3.8, 4) is 0 Å². The second-order valence-electron chi connectivity index (χ2n) is 6.16. The van der Waals surface area contributed by atoms with Crippen molar-refractivity contribution < 1.29 is 0 Å². The predicted octanol–water partition coefficient (Wildman–Crippen LogP) is 3.35. The van der Waals surface area contributed by atoms with E-state index in [1.54, 1.807) is 0 Å². The average Bonchev–Trinajstić information content (AvgIpc) is 2.39. The second kappa shape index (κ2) is 7.06. The minimum atomic E-state index is 0.601. The van der Waals surface area contributed by atoms with Gasteiger partial charge in [-0.3, -0.25) is 4.90 Å². The topological polar surface area (TPSA) is 15.3 Å². The smallest absolute Gasteiger partial charge is 0.0237 e. The van der Waals surface area contributed by atoms with Crippen LogP contribution in [-0.4, -0.2) is 30.1 Å². The van der Waals surface area contributed by atoms with Crippen LogP contribution < -0.4 is 5.32 Å². The third-order valence-electron chi connectivity index (χ3n) is 4.07. The number of piperidine rings is 1. The lowest BCUT2D eigenvalue weighted by Gasteiger charge is -2.33. The van der Waals surface area contributed by atoms with Crippen molar-refractivity contribution in [2.24, 2.45) is 0 Å². The average molecular weight is 260 g/mol. The van der Waals surface area contributed by atoms with Gasteiger partial charge in [-0.05, 0) is 45.7 Å². The van der Waals surface area contributed by atoms with Crippen molar-refractivity contribution in [1.29, 1.82) is 0 Å². The maximum absolute atomic E-state index is 3.66. The number of hydrogen-bond donors (Lipinski definition) is 1. The van der Waals surface area contributed by atoms with Crippen LogP contribution in [0, 0.1) is 6.92 Å². The molecule has 1 N–H and O–H groups in total. The molecule has 1 heterocycles. The lowest BCUT2D eigenvalue weighted by molar-refractivity contribution is 0.177. The molecule has 1 aromatic rings. The molecule has 2 rings (SSSR count). The molecule has 2 nitrogen and oxygen atoms in total. The molecule has 19 heavy (non-hydrogen) atoms. The SMILES string of the molecule is Cc1cccc(CN(CC2CCCCN2)C(C)C)c1. The van der Waals surface area contributed by atoms with E-state index >= 15 is 0 Å². The Balaban J connectivity index is 1.95. The van der Waals surface area contributed by atoms with Crippen molar-refractivity contribution in [2.75, 3.05) is 13.1 Å². The second-order valence-corrected chi connectivity index (χ2v) is 6.16. The summed E-state index contributed by atoms with van der Waals surface area (Å²) in [5.74, 6) is 0. The monoisotopic (exact) mass is 260 g/mol. The predicted molar refractivity (Wildman–Crippen MR) is 82.4 cm³/mol. The van der Waals surface area contributed by atoms with Gasteiger partial charge in [-0.2, -0.15) is 0 Å². The number of hydrogen-bond acceptors (Lipinski definition) is 2. The summed E-state index contributed by atoms with van der Waals surface area (Å²) in [6.45, 7) is 10.2. The Morgan fingerprint density at radius 2 is 2.16 bits per heavy atom. The van der Waals surface area contributed by atoms with E-state index in [2.05, 4.69) is 55.3 Å². The molecule has 0 radical (unpaired) electrons. The molecule has 1 aliphatic rings. The molecular weight excluding hydrogens is 232 g/mol. The largest absolute Gasteiger partial charge is 0.313 e. The molecular formula is C17H28N2. The van der Waals surface area contributed by atoms with Crippen molar-refractivity contribution in [3.63, 3.8) is 0 Å². The molecule has 1 fully saturated rings. The number of rotatable bonds is 5. The van der Waals surface area contributed by atoms with Gasteiger partial charge >= 0.3 is 0 Å². The lowest BCUT2D eigenvalue weighted by atomic mass is 10.0. The quantitative estimate of drug-likeness (QED) is 0.873. The highest BCUT2D eigenvalue weighted by atomic mass is 15.2. The van der Waals surface area contributed by atoms with Gasteiger partial charge < -0.3 is 5.32 Å². The molecule has 1 atom stereocenters. The Kier molecular flexibility index (Phi) is 5.41. The van der Waals surface area contributed by atoms with E-state index in [1.807, 2.05) is 0 Å². The summed E-state index contributed by atoms with van der Waals surface area (Å²) in [4.78, 5) is 2.60. The van der Waals surface area contributed by atoms with E-state index < -0.39 is 0 Å². The first-order chi connectivity index (χ1) is 9.15. The summed E-state index contributed by atoms with van der Waals surface area (Å²) in [5, 5.41) is 3.66. The van der Waals surface area contributed by atoms with E-state index in [0.717, 1.165) is 6.54 Å². The summed E-state index contributed by atoms with van der Waals surface area (Å²) in [6, 6.07) is 10.2. The molecule has 0 spiro atoms. The Bertz CT molecular complexity index is 381. The first-order valence-electron chi connectivity index (χ1n) is 7.68. The zero-order valence-electron chi connectivity index (χ0n) is 12.7. The lowest BCUT2D eigenvalue weighted by Crippen LogP contribution is -2.45. The standard InChI is InChI=1S/C17H28N2/c1-14(2)19(13-17-9-4-5-10-18-17)12-16-8-6-7-15(3)11-16/h6-8,11,14,17-18H,4-5,9-10,12-13H2,1-3H3. The fourth-order valence-electron chi connectivity index (χ4n) is 2.87. The van der Waals surface area contributed by atoms with Gasteiger partial charge in [0.15, 0.2) is 0 Å². The number of nitrogens with one attached hydrogen (secondary N) is 1. The number of aryl methyl sites for hydroxylation is 1. The highest BCUT2D eigenvalue weighted by Crippen LogP contribution is 2.14. The number of nitrogens with zero attached hydrogens (tertiary/aromatic N) is 1. The molecule has 1 unspecified atom stereocenters. The molecule has 1 aliphatic heterocycles. The minimum Gasteiger partial charge on any atom is -0.313 e. The zero-order valence-corrected chi connectivity index (χ0v) is 12.7. The summed E-state index contributed by atoms with van der Waals surface area (Å²) < 4.78 is 0. The van der Waals surface area contributed by atoms with E-state index in [1.165, 1.54) is 43.5 Å². The van der Waals surface area contributed by atoms with E-state index in [9.17, 15) is 0 Å². The molecule has 0 amide bonds. The Morgan fingerprint density at radius 1 is 1.32 bits per heavy atom. The van der Waals surface area contributed by atoms with Crippen LogP contribution in [0.4, 0.5) is 0 Å². The molecule has 106 valence electrons. The van der Waals surface area contributed by atoms with E-state index in [-0.39, 0.29) is 0 Å². The van der Waals surface area contributed by atoms with Crippen molar-refractivity contribution in [2.45, 2.75) is 58.7 Å². The van der Waals surface area contributed by atoms with Gasteiger partial charge in [0.05, 0.1) is 0 Å². The molecule has 0 aliphatic carbocycles. The van der Waals surface area contributed by atoms with Crippen LogP contribution in [0.25, 0.3) is 0 Å². The van der Waals surface area contributed by atoms with Crippen molar-refractivity contribution in [3.05, 3.63) is 35.4 Å². The van der Waals surface area contributed by atoms with Crippen molar-refractivity contribution in [1.82, 2.24) is 10.2 Å². The Morgan fingerprint density at radius 3 is 2.79 bits per heavy atom. The molecule has 1 aromatic carbocycles. The van der Waals surface area contributed by atoms with Crippen LogP contribution in [0.3, 0.4) is 0 Å². The first-order valence-corrected chi connectivity index (χ1v) is 7.68. The third-order valence-corrected chi connectivity index (χ3v) is 4.07. The normalized spacial score (nSPS) is 20.2. The first kappa shape index (κ1) is 14.5. The fourth-order valence-corrected chi connectivity index (χ4v) is 2.87. The molecule has 0 aromatic heterocycles. The maximum atomic E-state index is 3.66. The minimum absolute atomic E-state index is 0.601. The summed E-state index contributed by atoms with van der Waals surface area (Å²) >= 11 is 0. The van der Waals surface area contributed by atoms with Gasteiger partial charge in [0.2, 0.25) is 0 Å². The molecule has 1 saturated heterocycles. The summed E-state index contributed by atoms with van der Waals surface area (Å²) in [6.07, 6.45) is 4.06. The maximum Gasteiger partial charge on any atom is 0.0237 e. The molecule has 0 bridgehead atoms.